The topological polar surface area (TPSA) is 53.8 Å². The highest BCUT2D eigenvalue weighted by atomic mass is 16.3. The first kappa shape index (κ1) is 23.7. The van der Waals surface area contributed by atoms with E-state index in [1.54, 1.807) is 9.80 Å². The van der Waals surface area contributed by atoms with Crippen molar-refractivity contribution in [2.45, 2.75) is 61.1 Å². The zero-order valence-electron chi connectivity index (χ0n) is 19.3. The molecule has 5 nitrogen and oxygen atoms in total. The van der Waals surface area contributed by atoms with Crippen LogP contribution in [-0.2, 0) is 22.7 Å². The van der Waals surface area contributed by atoms with E-state index in [0.717, 1.165) is 17.1 Å². The third kappa shape index (κ3) is 8.05. The fourth-order valence-electron chi connectivity index (χ4n) is 3.32. The lowest BCUT2D eigenvalue weighted by molar-refractivity contribution is -0.142. The highest BCUT2D eigenvalue weighted by Crippen LogP contribution is 2.21. The molecule has 0 bridgehead atoms. The zero-order valence-corrected chi connectivity index (χ0v) is 19.3. The summed E-state index contributed by atoms with van der Waals surface area (Å²) in [6.45, 7) is 13.7. The van der Waals surface area contributed by atoms with Gasteiger partial charge >= 0.3 is 0 Å². The fraction of sp³-hybridized carbons (Fsp3) is 0.520. The van der Waals surface area contributed by atoms with Gasteiger partial charge in [0.05, 0.1) is 13.1 Å². The van der Waals surface area contributed by atoms with Crippen LogP contribution >= 0.6 is 0 Å². The molecule has 1 heterocycles. The maximum atomic E-state index is 13.3. The minimum absolute atomic E-state index is 0.0260. The standard InChI is InChI=1S/C25H36N2O3/c1-19(2)15-26(23(28)14-25(4,5)6)18-24(29)27(16-21-10-8-7-9-11-21)17-22-13-12-20(3)30-22/h7-13,19H,14-18H2,1-6H3. The first-order valence-electron chi connectivity index (χ1n) is 10.7. The molecule has 0 atom stereocenters. The van der Waals surface area contributed by atoms with Crippen LogP contribution in [0.1, 0.15) is 58.1 Å². The Kier molecular flexibility index (Phi) is 8.27. The van der Waals surface area contributed by atoms with Gasteiger partial charge in [-0.1, -0.05) is 65.0 Å². The minimum Gasteiger partial charge on any atom is -0.464 e. The molecule has 0 N–H and O–H groups in total. The molecule has 0 spiro atoms. The number of aryl methyl sites for hydroxylation is 1. The van der Waals surface area contributed by atoms with E-state index in [1.807, 2.05) is 70.2 Å². The summed E-state index contributed by atoms with van der Waals surface area (Å²) in [7, 11) is 0. The largest absolute Gasteiger partial charge is 0.464 e. The highest BCUT2D eigenvalue weighted by molar-refractivity contribution is 5.85. The predicted octanol–water partition coefficient (Wildman–Crippen LogP) is 5.04. The van der Waals surface area contributed by atoms with E-state index < -0.39 is 0 Å². The molecule has 5 heteroatoms. The maximum absolute atomic E-state index is 13.3. The lowest BCUT2D eigenvalue weighted by Gasteiger charge is -2.30. The number of nitrogens with zero attached hydrogens (tertiary/aromatic N) is 2. The van der Waals surface area contributed by atoms with Crippen molar-refractivity contribution in [3.8, 4) is 0 Å². The van der Waals surface area contributed by atoms with Crippen molar-refractivity contribution in [3.05, 3.63) is 59.5 Å². The molecule has 0 aliphatic carbocycles. The summed E-state index contributed by atoms with van der Waals surface area (Å²) in [5.74, 6) is 1.80. The predicted molar refractivity (Wildman–Crippen MR) is 120 cm³/mol. The van der Waals surface area contributed by atoms with Crippen LogP contribution in [0, 0.1) is 18.3 Å². The first-order chi connectivity index (χ1) is 14.0. The summed E-state index contributed by atoms with van der Waals surface area (Å²) in [5.41, 5.74) is 0.927. The molecule has 0 aliphatic rings. The number of benzene rings is 1. The Morgan fingerprint density at radius 1 is 0.933 bits per heavy atom. The van der Waals surface area contributed by atoms with E-state index in [-0.39, 0.29) is 29.7 Å². The third-order valence-corrected chi connectivity index (χ3v) is 4.66. The van der Waals surface area contributed by atoms with Gasteiger partial charge in [-0.25, -0.2) is 0 Å². The average Bonchev–Trinajstić information content (AvgIpc) is 3.04. The molecule has 0 unspecified atom stereocenters. The molecule has 0 fully saturated rings. The number of carbonyl (C=O) groups is 2. The van der Waals surface area contributed by atoms with E-state index >= 15 is 0 Å². The maximum Gasteiger partial charge on any atom is 0.242 e. The van der Waals surface area contributed by atoms with Gasteiger partial charge in [0.25, 0.3) is 0 Å². The molecule has 1 aromatic carbocycles. The number of furan rings is 1. The summed E-state index contributed by atoms with van der Waals surface area (Å²) < 4.78 is 5.71. The lowest BCUT2D eigenvalue weighted by Crippen LogP contribution is -2.44. The molecule has 2 amide bonds. The van der Waals surface area contributed by atoms with Crippen LogP contribution in [0.4, 0.5) is 0 Å². The van der Waals surface area contributed by atoms with Crippen LogP contribution in [0.15, 0.2) is 46.9 Å². The summed E-state index contributed by atoms with van der Waals surface area (Å²) >= 11 is 0. The Hall–Kier alpha value is -2.56. The SMILES string of the molecule is Cc1ccc(CN(Cc2ccccc2)C(=O)CN(CC(C)C)C(=O)CC(C)(C)C)o1. The van der Waals surface area contributed by atoms with Crippen LogP contribution in [0.5, 0.6) is 0 Å². The Balaban J connectivity index is 2.19. The molecule has 2 aromatic rings. The smallest absolute Gasteiger partial charge is 0.242 e. The van der Waals surface area contributed by atoms with Gasteiger partial charge in [-0.2, -0.15) is 0 Å². The van der Waals surface area contributed by atoms with Crippen LogP contribution in [-0.4, -0.2) is 34.7 Å². The Morgan fingerprint density at radius 2 is 1.60 bits per heavy atom. The summed E-state index contributed by atoms with van der Waals surface area (Å²) in [6.07, 6.45) is 0.420. The average molecular weight is 413 g/mol. The number of rotatable bonds is 9. The molecule has 1 aromatic heterocycles. The van der Waals surface area contributed by atoms with Crippen molar-refractivity contribution >= 4 is 11.8 Å². The van der Waals surface area contributed by atoms with Crippen molar-refractivity contribution in [3.63, 3.8) is 0 Å². The quantitative estimate of drug-likeness (QED) is 0.580. The van der Waals surface area contributed by atoms with Crippen molar-refractivity contribution in [2.75, 3.05) is 13.1 Å². The molecule has 0 saturated carbocycles. The van der Waals surface area contributed by atoms with Gasteiger partial charge in [-0.3, -0.25) is 9.59 Å². The summed E-state index contributed by atoms with van der Waals surface area (Å²) in [5, 5.41) is 0. The van der Waals surface area contributed by atoms with Gasteiger partial charge in [0.1, 0.15) is 11.5 Å². The van der Waals surface area contributed by atoms with Gasteiger partial charge in [-0.15, -0.1) is 0 Å². The number of amides is 2. The van der Waals surface area contributed by atoms with E-state index in [2.05, 4.69) is 13.8 Å². The normalized spacial score (nSPS) is 11.6. The molecular weight excluding hydrogens is 376 g/mol. The van der Waals surface area contributed by atoms with Crippen molar-refractivity contribution < 1.29 is 14.0 Å². The molecule has 30 heavy (non-hydrogen) atoms. The van der Waals surface area contributed by atoms with Crippen molar-refractivity contribution in [1.29, 1.82) is 0 Å². The van der Waals surface area contributed by atoms with E-state index in [9.17, 15) is 9.59 Å². The fourth-order valence-corrected chi connectivity index (χ4v) is 3.32. The molecule has 0 saturated heterocycles. The van der Waals surface area contributed by atoms with Crippen LogP contribution < -0.4 is 0 Å². The second-order valence-corrected chi connectivity index (χ2v) is 9.65. The molecule has 164 valence electrons. The van der Waals surface area contributed by atoms with E-state index in [0.29, 0.717) is 26.1 Å². The second kappa shape index (κ2) is 10.5. The molecule has 0 aliphatic heterocycles. The van der Waals surface area contributed by atoms with Gasteiger partial charge in [0.15, 0.2) is 0 Å². The molecule has 2 rings (SSSR count). The minimum atomic E-state index is -0.120. The van der Waals surface area contributed by atoms with Crippen LogP contribution in [0.2, 0.25) is 0 Å². The van der Waals surface area contributed by atoms with Crippen LogP contribution in [0.25, 0.3) is 0 Å². The van der Waals surface area contributed by atoms with Crippen LogP contribution in [0.3, 0.4) is 0 Å². The Morgan fingerprint density at radius 3 is 2.13 bits per heavy atom. The summed E-state index contributed by atoms with van der Waals surface area (Å²) in [4.78, 5) is 29.7. The summed E-state index contributed by atoms with van der Waals surface area (Å²) in [6, 6.07) is 13.7. The third-order valence-electron chi connectivity index (χ3n) is 4.66. The lowest BCUT2D eigenvalue weighted by atomic mass is 9.91. The van der Waals surface area contributed by atoms with Gasteiger partial charge in [-0.05, 0) is 36.0 Å². The second-order valence-electron chi connectivity index (χ2n) is 9.65. The Bertz CT molecular complexity index is 818. The first-order valence-corrected chi connectivity index (χ1v) is 10.7. The zero-order chi connectivity index (χ0) is 22.3. The van der Waals surface area contributed by atoms with Crippen molar-refractivity contribution in [1.82, 2.24) is 9.80 Å². The molecular formula is C25H36N2O3. The van der Waals surface area contributed by atoms with E-state index in [1.165, 1.54) is 0 Å². The van der Waals surface area contributed by atoms with Crippen molar-refractivity contribution in [2.24, 2.45) is 11.3 Å². The van der Waals surface area contributed by atoms with Gasteiger partial charge in [0, 0.05) is 19.5 Å². The number of hydrogen-bond acceptors (Lipinski definition) is 3. The molecule has 0 radical (unpaired) electrons. The number of hydrogen-bond donors (Lipinski definition) is 0. The Labute approximate surface area is 181 Å². The highest BCUT2D eigenvalue weighted by Gasteiger charge is 2.26. The number of carbonyl (C=O) groups excluding carboxylic acids is 2. The monoisotopic (exact) mass is 412 g/mol. The van der Waals surface area contributed by atoms with Gasteiger partial charge in [0.2, 0.25) is 11.8 Å². The van der Waals surface area contributed by atoms with E-state index in [4.69, 9.17) is 4.42 Å². The van der Waals surface area contributed by atoms with Gasteiger partial charge < -0.3 is 14.2 Å².